The highest BCUT2D eigenvalue weighted by Crippen LogP contribution is 2.36. The summed E-state index contributed by atoms with van der Waals surface area (Å²) < 4.78 is 6.24. The summed E-state index contributed by atoms with van der Waals surface area (Å²) in [6, 6.07) is 10.8. The molecule has 0 saturated carbocycles. The molecule has 0 aliphatic carbocycles. The maximum Gasteiger partial charge on any atom is 0.191 e. The van der Waals surface area contributed by atoms with Crippen LogP contribution in [-0.4, -0.2) is 24.4 Å². The van der Waals surface area contributed by atoms with Crippen LogP contribution in [0.5, 0.6) is 0 Å². The van der Waals surface area contributed by atoms with E-state index in [0.29, 0.717) is 10.6 Å². The molecule has 0 heterocycles. The van der Waals surface area contributed by atoms with Crippen molar-refractivity contribution in [2.24, 2.45) is 0 Å². The zero-order chi connectivity index (χ0) is 17.3. The van der Waals surface area contributed by atoms with Crippen LogP contribution in [0.3, 0.4) is 0 Å². The predicted molar refractivity (Wildman–Crippen MR) is 107 cm³/mol. The Labute approximate surface area is 147 Å². The lowest BCUT2D eigenvalue weighted by molar-refractivity contribution is 0.277. The Kier molecular flexibility index (Phi) is 8.52. The zero-order valence-corrected chi connectivity index (χ0v) is 17.7. The van der Waals surface area contributed by atoms with Crippen molar-refractivity contribution >= 4 is 23.0 Å². The van der Waals surface area contributed by atoms with Gasteiger partial charge in [-0.3, -0.25) is 0 Å². The molecule has 1 aromatic rings. The first-order valence-corrected chi connectivity index (χ1v) is 12.8. The van der Waals surface area contributed by atoms with Gasteiger partial charge in [-0.1, -0.05) is 75.2 Å². The fraction of sp³-hybridized carbons (Fsp3) is 0.600. The Hall–Kier alpha value is -0.646. The van der Waals surface area contributed by atoms with Crippen molar-refractivity contribution < 1.29 is 4.43 Å². The van der Waals surface area contributed by atoms with Gasteiger partial charge in [0.1, 0.15) is 0 Å². The molecule has 1 aromatic carbocycles. The fourth-order valence-electron chi connectivity index (χ4n) is 2.18. The van der Waals surface area contributed by atoms with E-state index in [1.807, 2.05) is 0 Å². The average Bonchev–Trinajstić information content (AvgIpc) is 2.49. The van der Waals surface area contributed by atoms with Crippen molar-refractivity contribution in [1.29, 1.82) is 0 Å². The van der Waals surface area contributed by atoms with Crippen molar-refractivity contribution in [1.82, 2.24) is 0 Å². The van der Waals surface area contributed by atoms with Crippen LogP contribution in [0.25, 0.3) is 0 Å². The summed E-state index contributed by atoms with van der Waals surface area (Å²) in [4.78, 5) is 0. The van der Waals surface area contributed by atoms with Gasteiger partial charge >= 0.3 is 0 Å². The maximum atomic E-state index is 6.24. The third-order valence-corrected chi connectivity index (χ3v) is 10.9. The average molecular weight is 347 g/mol. The van der Waals surface area contributed by atoms with Crippen LogP contribution in [-0.2, 0) is 4.43 Å². The Morgan fingerprint density at radius 3 is 2.35 bits per heavy atom. The van der Waals surface area contributed by atoms with Crippen LogP contribution < -0.4 is 5.19 Å². The van der Waals surface area contributed by atoms with Crippen molar-refractivity contribution in [3.05, 3.63) is 43.0 Å². The lowest BCUT2D eigenvalue weighted by Crippen LogP contribution is -2.40. The monoisotopic (exact) mass is 346 g/mol. The van der Waals surface area contributed by atoms with E-state index in [1.165, 1.54) is 30.9 Å². The second kappa shape index (κ2) is 9.60. The van der Waals surface area contributed by atoms with E-state index in [9.17, 15) is 0 Å². The Morgan fingerprint density at radius 1 is 1.13 bits per heavy atom. The molecule has 23 heavy (non-hydrogen) atoms. The minimum Gasteiger partial charge on any atom is -0.417 e. The minimum atomic E-state index is -1.56. The molecule has 0 bridgehead atoms. The van der Waals surface area contributed by atoms with Crippen molar-refractivity contribution in [2.75, 3.05) is 6.61 Å². The molecule has 1 atom stereocenters. The molecular weight excluding hydrogens is 312 g/mol. The molecular formula is C20H34OSi2. The first-order chi connectivity index (χ1) is 10.8. The zero-order valence-electron chi connectivity index (χ0n) is 15.7. The van der Waals surface area contributed by atoms with Crippen LogP contribution in [0, 0.1) is 0 Å². The van der Waals surface area contributed by atoms with Gasteiger partial charge < -0.3 is 4.43 Å². The molecule has 0 amide bonds. The third-order valence-electron chi connectivity index (χ3n) is 4.84. The molecule has 1 nitrogen and oxygen atoms in total. The summed E-state index contributed by atoms with van der Waals surface area (Å²) in [6.07, 6.45) is 7.11. The van der Waals surface area contributed by atoms with Gasteiger partial charge in [0.15, 0.2) is 8.32 Å². The quantitative estimate of drug-likeness (QED) is 0.305. The van der Waals surface area contributed by atoms with Crippen LogP contribution in [0.2, 0.25) is 23.7 Å². The maximum absolute atomic E-state index is 6.24. The molecule has 0 fully saturated rings. The highest BCUT2D eigenvalue weighted by Gasteiger charge is 2.36. The van der Waals surface area contributed by atoms with Gasteiger partial charge in [-0.05, 0) is 36.5 Å². The van der Waals surface area contributed by atoms with Crippen molar-refractivity contribution in [3.63, 3.8) is 0 Å². The molecule has 0 aliphatic heterocycles. The predicted octanol–water partition coefficient (Wildman–Crippen LogP) is 5.57. The van der Waals surface area contributed by atoms with E-state index in [4.69, 9.17) is 4.43 Å². The van der Waals surface area contributed by atoms with Gasteiger partial charge in [-0.15, -0.1) is 6.58 Å². The minimum absolute atomic E-state index is 0.317. The number of allylic oxidation sites excluding steroid dienone is 1. The Bertz CT molecular complexity index is 448. The highest BCUT2D eigenvalue weighted by atomic mass is 28.4. The van der Waals surface area contributed by atoms with Gasteiger partial charge in [0.2, 0.25) is 0 Å². The van der Waals surface area contributed by atoms with E-state index >= 15 is 0 Å². The molecule has 0 aliphatic rings. The van der Waals surface area contributed by atoms with E-state index in [0.717, 1.165) is 16.1 Å². The number of hydrogen-bond donors (Lipinski definition) is 0. The van der Waals surface area contributed by atoms with E-state index in [-0.39, 0.29) is 0 Å². The highest BCUT2D eigenvalue weighted by molar-refractivity contribution is 6.74. The SMILES string of the molecule is C=CC(CCCCCO[Si](C)(C)C(C)(C)C)[Si]c1ccccc1. The largest absolute Gasteiger partial charge is 0.417 e. The summed E-state index contributed by atoms with van der Waals surface area (Å²) in [6.45, 7) is 16.5. The number of unbranched alkanes of at least 4 members (excludes halogenated alkanes) is 2. The number of rotatable bonds is 10. The molecule has 2 radical (unpaired) electrons. The summed E-state index contributed by atoms with van der Waals surface area (Å²) in [5, 5.41) is 1.76. The lowest BCUT2D eigenvalue weighted by Gasteiger charge is -2.36. The summed E-state index contributed by atoms with van der Waals surface area (Å²) >= 11 is 0. The molecule has 0 spiro atoms. The van der Waals surface area contributed by atoms with Gasteiger partial charge in [0, 0.05) is 6.61 Å². The smallest absolute Gasteiger partial charge is 0.191 e. The van der Waals surface area contributed by atoms with Crippen LogP contribution >= 0.6 is 0 Å². The van der Waals surface area contributed by atoms with Gasteiger partial charge in [0.25, 0.3) is 0 Å². The number of benzene rings is 1. The molecule has 0 aromatic heterocycles. The first-order valence-electron chi connectivity index (χ1n) is 8.84. The molecule has 128 valence electrons. The van der Waals surface area contributed by atoms with Crippen LogP contribution in [0.15, 0.2) is 43.0 Å². The summed E-state index contributed by atoms with van der Waals surface area (Å²) in [5.74, 6) is 0. The fourth-order valence-corrected chi connectivity index (χ4v) is 4.55. The number of hydrogen-bond acceptors (Lipinski definition) is 1. The van der Waals surface area contributed by atoms with Crippen LogP contribution in [0.1, 0.15) is 46.5 Å². The second-order valence-electron chi connectivity index (χ2n) is 7.81. The molecule has 0 N–H and O–H groups in total. The van der Waals surface area contributed by atoms with Crippen LogP contribution in [0.4, 0.5) is 0 Å². The van der Waals surface area contributed by atoms with Crippen molar-refractivity contribution in [3.8, 4) is 0 Å². The lowest BCUT2D eigenvalue weighted by atomic mass is 10.1. The molecule has 1 rings (SSSR count). The molecule has 3 heteroatoms. The Morgan fingerprint density at radius 2 is 1.78 bits per heavy atom. The topological polar surface area (TPSA) is 9.23 Å². The second-order valence-corrected chi connectivity index (χ2v) is 14.2. The Balaban J connectivity index is 2.20. The van der Waals surface area contributed by atoms with Gasteiger partial charge in [-0.25, -0.2) is 0 Å². The van der Waals surface area contributed by atoms with E-state index in [1.54, 1.807) is 0 Å². The van der Waals surface area contributed by atoms with Crippen molar-refractivity contribution in [2.45, 2.75) is 70.1 Å². The third kappa shape index (κ3) is 7.64. The van der Waals surface area contributed by atoms with E-state index < -0.39 is 8.32 Å². The summed E-state index contributed by atoms with van der Waals surface area (Å²) in [5.41, 5.74) is 0.624. The standard InChI is InChI=1S/C20H34OSi2/c1-7-18(22-19-15-10-8-11-16-19)14-12-9-13-17-21-23(5,6)20(2,3)4/h7-8,10-11,15-16,18H,1,9,12-14,17H2,2-6H3. The molecule has 0 saturated heterocycles. The van der Waals surface area contributed by atoms with E-state index in [2.05, 4.69) is 76.9 Å². The first kappa shape index (κ1) is 20.4. The molecule has 1 unspecified atom stereocenters. The van der Waals surface area contributed by atoms with Gasteiger partial charge in [-0.2, -0.15) is 0 Å². The summed E-state index contributed by atoms with van der Waals surface area (Å²) in [7, 11) is -0.711. The van der Waals surface area contributed by atoms with Gasteiger partial charge in [0.05, 0.1) is 9.52 Å². The normalized spacial score (nSPS) is 13.8.